The summed E-state index contributed by atoms with van der Waals surface area (Å²) in [5.41, 5.74) is -0.585. The van der Waals surface area contributed by atoms with E-state index >= 15 is 0 Å². The maximum Gasteiger partial charge on any atom is 0.265 e. The topological polar surface area (TPSA) is 77.1 Å². The molecule has 0 atom stereocenters. The summed E-state index contributed by atoms with van der Waals surface area (Å²) in [6.45, 7) is 5.84. The molecule has 0 aliphatic heterocycles. The Balaban J connectivity index is 2.07. The Hall–Kier alpha value is -3.03. The molecule has 1 N–H and O–H groups in total. The summed E-state index contributed by atoms with van der Waals surface area (Å²) < 4.78 is 33.6. The van der Waals surface area contributed by atoms with Gasteiger partial charge >= 0.3 is 0 Å². The van der Waals surface area contributed by atoms with E-state index in [1.165, 1.54) is 17.8 Å². The van der Waals surface area contributed by atoms with Crippen LogP contribution < -0.4 is 10.9 Å². The maximum atomic E-state index is 13.8. The molecule has 0 saturated heterocycles. The summed E-state index contributed by atoms with van der Waals surface area (Å²) in [6.07, 6.45) is 1.37. The van der Waals surface area contributed by atoms with Crippen molar-refractivity contribution in [3.63, 3.8) is 0 Å². The fourth-order valence-electron chi connectivity index (χ4n) is 2.71. The molecule has 1 aromatic carbocycles. The quantitative estimate of drug-likeness (QED) is 0.772. The molecule has 2 aromatic heterocycles. The van der Waals surface area contributed by atoms with E-state index in [1.54, 1.807) is 0 Å². The Morgan fingerprint density at radius 2 is 2.08 bits per heavy atom. The van der Waals surface area contributed by atoms with Crippen molar-refractivity contribution in [2.45, 2.75) is 27.3 Å². The number of carbonyl (C=O) groups is 1. The molecule has 0 aliphatic rings. The summed E-state index contributed by atoms with van der Waals surface area (Å²) in [5, 5.41) is 2.38. The lowest BCUT2D eigenvalue weighted by Gasteiger charge is -2.08. The zero-order chi connectivity index (χ0) is 19.0. The molecule has 0 aliphatic carbocycles. The molecule has 0 radical (unpaired) electrons. The molecule has 8 heteroatoms. The number of nitrogens with zero attached hydrogens (tertiary/aromatic N) is 2. The van der Waals surface area contributed by atoms with E-state index in [-0.39, 0.29) is 34.0 Å². The smallest absolute Gasteiger partial charge is 0.265 e. The number of anilines is 1. The minimum atomic E-state index is -0.917. The highest BCUT2D eigenvalue weighted by molar-refractivity contribution is 6.12. The first kappa shape index (κ1) is 17.8. The number of halogens is 2. The van der Waals surface area contributed by atoms with Gasteiger partial charge in [0, 0.05) is 12.6 Å². The van der Waals surface area contributed by atoms with Crippen LogP contribution in [0.15, 0.2) is 33.7 Å². The minimum absolute atomic E-state index is 0.0145. The molecule has 0 bridgehead atoms. The Morgan fingerprint density at radius 3 is 2.73 bits per heavy atom. The highest BCUT2D eigenvalue weighted by Gasteiger charge is 2.23. The van der Waals surface area contributed by atoms with Crippen LogP contribution in [0.3, 0.4) is 0 Å². The molecule has 2 heterocycles. The summed E-state index contributed by atoms with van der Waals surface area (Å²) >= 11 is 0. The number of hydrogen-bond acceptors (Lipinski definition) is 4. The van der Waals surface area contributed by atoms with E-state index in [0.717, 1.165) is 12.1 Å². The number of furan rings is 1. The predicted molar refractivity (Wildman–Crippen MR) is 92.2 cm³/mol. The van der Waals surface area contributed by atoms with E-state index in [0.29, 0.717) is 12.6 Å². The standard InChI is InChI=1S/C18H17F2N3O3/c1-9(2)7-23-8-21-17-15(18(23)25)14(10(3)26-17)16(24)22-13-5-4-11(19)6-12(13)20/h4-6,8-9H,7H2,1-3H3,(H,22,24). The van der Waals surface area contributed by atoms with Crippen LogP contribution >= 0.6 is 0 Å². The maximum absolute atomic E-state index is 13.8. The lowest BCUT2D eigenvalue weighted by Crippen LogP contribution is -2.24. The van der Waals surface area contributed by atoms with Crippen molar-refractivity contribution in [2.24, 2.45) is 5.92 Å². The molecule has 0 fully saturated rings. The van der Waals surface area contributed by atoms with E-state index in [1.807, 2.05) is 13.8 Å². The second kappa shape index (κ2) is 6.70. The van der Waals surface area contributed by atoms with Gasteiger partial charge in [-0.1, -0.05) is 13.8 Å². The number of fused-ring (bicyclic) bond motifs is 1. The van der Waals surface area contributed by atoms with Crippen molar-refractivity contribution in [2.75, 3.05) is 5.32 Å². The summed E-state index contributed by atoms with van der Waals surface area (Å²) in [4.78, 5) is 29.4. The molecular formula is C18H17F2N3O3. The fourth-order valence-corrected chi connectivity index (χ4v) is 2.71. The Bertz CT molecular complexity index is 1050. The third kappa shape index (κ3) is 3.22. The number of aryl methyl sites for hydroxylation is 1. The number of carbonyl (C=O) groups excluding carboxylic acids is 1. The highest BCUT2D eigenvalue weighted by atomic mass is 19.1. The molecule has 1 amide bonds. The van der Waals surface area contributed by atoms with Crippen molar-refractivity contribution in [3.8, 4) is 0 Å². The predicted octanol–water partition coefficient (Wildman–Crippen LogP) is 3.48. The van der Waals surface area contributed by atoms with E-state index in [2.05, 4.69) is 10.3 Å². The molecule has 0 saturated carbocycles. The first-order valence-electron chi connectivity index (χ1n) is 8.03. The normalized spacial score (nSPS) is 11.3. The average molecular weight is 361 g/mol. The Labute approximate surface area is 147 Å². The summed E-state index contributed by atoms with van der Waals surface area (Å²) in [6, 6.07) is 2.79. The van der Waals surface area contributed by atoms with Crippen LogP contribution in [-0.2, 0) is 6.54 Å². The first-order chi connectivity index (χ1) is 12.3. The number of rotatable bonds is 4. The van der Waals surface area contributed by atoms with Crippen molar-refractivity contribution in [1.82, 2.24) is 9.55 Å². The third-order valence-corrected chi connectivity index (χ3v) is 3.82. The van der Waals surface area contributed by atoms with E-state index in [9.17, 15) is 18.4 Å². The highest BCUT2D eigenvalue weighted by Crippen LogP contribution is 2.23. The molecule has 136 valence electrons. The van der Waals surface area contributed by atoms with Gasteiger partial charge in [-0.2, -0.15) is 0 Å². The van der Waals surface area contributed by atoms with Crippen molar-refractivity contribution >= 4 is 22.7 Å². The van der Waals surface area contributed by atoms with Gasteiger partial charge in [-0.25, -0.2) is 13.8 Å². The number of amides is 1. The Kier molecular flexibility index (Phi) is 4.58. The van der Waals surface area contributed by atoms with Crippen LogP contribution in [0.25, 0.3) is 11.1 Å². The molecular weight excluding hydrogens is 344 g/mol. The van der Waals surface area contributed by atoms with Crippen molar-refractivity contribution < 1.29 is 18.0 Å². The SMILES string of the molecule is Cc1oc2ncn(CC(C)C)c(=O)c2c1C(=O)Nc1ccc(F)cc1F. The van der Waals surface area contributed by atoms with Gasteiger partial charge in [-0.05, 0) is 25.0 Å². The second-order valence-corrected chi connectivity index (χ2v) is 6.39. The zero-order valence-electron chi connectivity index (χ0n) is 14.5. The van der Waals surface area contributed by atoms with Gasteiger partial charge in [-0.3, -0.25) is 14.2 Å². The van der Waals surface area contributed by atoms with Gasteiger partial charge in [0.15, 0.2) is 0 Å². The second-order valence-electron chi connectivity index (χ2n) is 6.39. The first-order valence-corrected chi connectivity index (χ1v) is 8.03. The molecule has 6 nitrogen and oxygen atoms in total. The summed E-state index contributed by atoms with van der Waals surface area (Å²) in [7, 11) is 0. The number of nitrogens with one attached hydrogen (secondary N) is 1. The number of benzene rings is 1. The van der Waals surface area contributed by atoms with Crippen LogP contribution in [0.5, 0.6) is 0 Å². The van der Waals surface area contributed by atoms with Crippen LogP contribution in [0.4, 0.5) is 14.5 Å². The average Bonchev–Trinajstić information content (AvgIpc) is 2.89. The van der Waals surface area contributed by atoms with Gasteiger partial charge in [0.1, 0.15) is 29.1 Å². The van der Waals surface area contributed by atoms with Gasteiger partial charge in [0.2, 0.25) is 5.71 Å². The van der Waals surface area contributed by atoms with Gasteiger partial charge in [-0.15, -0.1) is 0 Å². The number of hydrogen-bond donors (Lipinski definition) is 1. The molecule has 0 spiro atoms. The van der Waals surface area contributed by atoms with Crippen molar-refractivity contribution in [1.29, 1.82) is 0 Å². The van der Waals surface area contributed by atoms with Crippen LogP contribution in [0, 0.1) is 24.5 Å². The largest absolute Gasteiger partial charge is 0.442 e. The lowest BCUT2D eigenvalue weighted by molar-refractivity contribution is 0.102. The Morgan fingerprint density at radius 1 is 1.35 bits per heavy atom. The van der Waals surface area contributed by atoms with Gasteiger partial charge < -0.3 is 9.73 Å². The molecule has 3 rings (SSSR count). The minimum Gasteiger partial charge on any atom is -0.442 e. The monoisotopic (exact) mass is 361 g/mol. The summed E-state index contributed by atoms with van der Waals surface area (Å²) in [5.74, 6) is -2.02. The lowest BCUT2D eigenvalue weighted by atomic mass is 10.1. The molecule has 0 unspecified atom stereocenters. The van der Waals surface area contributed by atoms with Crippen molar-refractivity contribution in [3.05, 3.63) is 57.8 Å². The van der Waals surface area contributed by atoms with E-state index < -0.39 is 23.1 Å². The van der Waals surface area contributed by atoms with Crippen LogP contribution in [0.1, 0.15) is 30.0 Å². The number of aromatic nitrogens is 2. The molecule has 26 heavy (non-hydrogen) atoms. The van der Waals surface area contributed by atoms with Gasteiger partial charge in [0.05, 0.1) is 11.3 Å². The van der Waals surface area contributed by atoms with E-state index in [4.69, 9.17) is 4.42 Å². The van der Waals surface area contributed by atoms with Gasteiger partial charge in [0.25, 0.3) is 11.5 Å². The fraction of sp³-hybridized carbons (Fsp3) is 0.278. The van der Waals surface area contributed by atoms with Crippen LogP contribution in [0.2, 0.25) is 0 Å². The third-order valence-electron chi connectivity index (χ3n) is 3.82. The van der Waals surface area contributed by atoms with Crippen LogP contribution in [-0.4, -0.2) is 15.5 Å². The molecule has 3 aromatic rings. The zero-order valence-corrected chi connectivity index (χ0v) is 14.5.